The second-order valence-electron chi connectivity index (χ2n) is 4.64. The molecular formula is C15H18O4. The molecule has 0 saturated carbocycles. The number of aryl methyl sites for hydroxylation is 1. The predicted octanol–water partition coefficient (Wildman–Crippen LogP) is 2.54. The van der Waals surface area contributed by atoms with Crippen LogP contribution in [0.2, 0.25) is 0 Å². The van der Waals surface area contributed by atoms with Gasteiger partial charge in [-0.25, -0.2) is 0 Å². The van der Waals surface area contributed by atoms with E-state index in [4.69, 9.17) is 4.74 Å². The highest BCUT2D eigenvalue weighted by Gasteiger charge is 2.18. The minimum Gasteiger partial charge on any atom is -0.492 e. The lowest BCUT2D eigenvalue weighted by atomic mass is 9.99. The molecule has 1 aliphatic heterocycles. The van der Waals surface area contributed by atoms with E-state index in [-0.39, 0.29) is 11.8 Å². The number of esters is 1. The number of carbonyl (C=O) groups is 2. The Kier molecular flexibility index (Phi) is 4.55. The molecule has 0 spiro atoms. The average Bonchev–Trinajstić information content (AvgIpc) is 2.44. The Labute approximate surface area is 112 Å². The smallest absolute Gasteiger partial charge is 0.305 e. The van der Waals surface area contributed by atoms with Gasteiger partial charge < -0.3 is 9.47 Å². The molecule has 1 heterocycles. The van der Waals surface area contributed by atoms with Gasteiger partial charge in [-0.1, -0.05) is 6.07 Å². The lowest BCUT2D eigenvalue weighted by Crippen LogP contribution is -2.15. The predicted molar refractivity (Wildman–Crippen MR) is 70.5 cm³/mol. The van der Waals surface area contributed by atoms with Crippen molar-refractivity contribution in [3.8, 4) is 5.75 Å². The quantitative estimate of drug-likeness (QED) is 0.604. The number of ketones is 1. The Hall–Kier alpha value is -1.84. The number of unbranched alkanes of at least 4 members (excludes halogenated alkanes) is 1. The molecule has 0 aliphatic carbocycles. The minimum absolute atomic E-state index is 0.151. The summed E-state index contributed by atoms with van der Waals surface area (Å²) >= 11 is 0. The van der Waals surface area contributed by atoms with Crippen molar-refractivity contribution in [2.24, 2.45) is 0 Å². The van der Waals surface area contributed by atoms with Gasteiger partial charge in [-0.05, 0) is 37.0 Å². The summed E-state index contributed by atoms with van der Waals surface area (Å²) < 4.78 is 10.0. The summed E-state index contributed by atoms with van der Waals surface area (Å²) in [5.41, 5.74) is 1.80. The first-order chi connectivity index (χ1) is 9.20. The Morgan fingerprint density at radius 2 is 2.21 bits per heavy atom. The van der Waals surface area contributed by atoms with Crippen molar-refractivity contribution < 1.29 is 19.1 Å². The molecule has 102 valence electrons. The fourth-order valence-electron chi connectivity index (χ4n) is 2.17. The zero-order chi connectivity index (χ0) is 13.7. The first-order valence-corrected chi connectivity index (χ1v) is 6.56. The highest BCUT2D eigenvalue weighted by molar-refractivity contribution is 5.99. The number of carbonyl (C=O) groups excluding carboxylic acids is 2. The van der Waals surface area contributed by atoms with E-state index in [1.54, 1.807) is 0 Å². The zero-order valence-electron chi connectivity index (χ0n) is 11.1. The first kappa shape index (κ1) is 13.6. The molecule has 4 heteroatoms. The maximum absolute atomic E-state index is 11.8. The number of Topliss-reactive ketones (excluding diaryl/α,β-unsaturated/α-hetero) is 1. The van der Waals surface area contributed by atoms with Crippen molar-refractivity contribution in [2.75, 3.05) is 13.7 Å². The molecule has 0 atom stereocenters. The average molecular weight is 262 g/mol. The van der Waals surface area contributed by atoms with Crippen LogP contribution in [0.5, 0.6) is 5.75 Å². The van der Waals surface area contributed by atoms with E-state index in [0.717, 1.165) is 24.8 Å². The molecule has 2 rings (SSSR count). The SMILES string of the molecule is COC(=O)CCCCc1ccc2c(c1)C(=O)CCO2. The molecule has 0 fully saturated rings. The second-order valence-corrected chi connectivity index (χ2v) is 4.64. The van der Waals surface area contributed by atoms with Crippen LogP contribution in [0.1, 0.15) is 41.6 Å². The van der Waals surface area contributed by atoms with Crippen molar-refractivity contribution in [1.82, 2.24) is 0 Å². The van der Waals surface area contributed by atoms with Crippen molar-refractivity contribution in [3.05, 3.63) is 29.3 Å². The molecule has 0 radical (unpaired) electrons. The molecule has 0 unspecified atom stereocenters. The van der Waals surface area contributed by atoms with E-state index in [2.05, 4.69) is 4.74 Å². The molecule has 0 N–H and O–H groups in total. The van der Waals surface area contributed by atoms with Gasteiger partial charge in [0.15, 0.2) is 5.78 Å². The van der Waals surface area contributed by atoms with Gasteiger partial charge in [-0.15, -0.1) is 0 Å². The molecule has 4 nitrogen and oxygen atoms in total. The van der Waals surface area contributed by atoms with Gasteiger partial charge in [0.1, 0.15) is 5.75 Å². The fraction of sp³-hybridized carbons (Fsp3) is 0.467. The normalized spacial score (nSPS) is 13.6. The molecule has 1 aromatic carbocycles. The Bertz CT molecular complexity index is 479. The van der Waals surface area contributed by atoms with Crippen LogP contribution in [0.15, 0.2) is 18.2 Å². The molecule has 1 aliphatic rings. The largest absolute Gasteiger partial charge is 0.492 e. The highest BCUT2D eigenvalue weighted by atomic mass is 16.5. The third-order valence-electron chi connectivity index (χ3n) is 3.26. The van der Waals surface area contributed by atoms with Crippen LogP contribution in [0, 0.1) is 0 Å². The number of hydrogen-bond donors (Lipinski definition) is 0. The van der Waals surface area contributed by atoms with Crippen molar-refractivity contribution >= 4 is 11.8 Å². The number of rotatable bonds is 5. The van der Waals surface area contributed by atoms with Gasteiger partial charge in [0, 0.05) is 12.8 Å². The van der Waals surface area contributed by atoms with Crippen LogP contribution in [0.3, 0.4) is 0 Å². The number of methoxy groups -OCH3 is 1. The van der Waals surface area contributed by atoms with Crippen LogP contribution in [-0.4, -0.2) is 25.5 Å². The van der Waals surface area contributed by atoms with Crippen molar-refractivity contribution in [2.45, 2.75) is 32.1 Å². The summed E-state index contributed by atoms with van der Waals surface area (Å²) in [5, 5.41) is 0. The monoisotopic (exact) mass is 262 g/mol. The molecular weight excluding hydrogens is 244 g/mol. The van der Waals surface area contributed by atoms with Crippen LogP contribution >= 0.6 is 0 Å². The number of hydrogen-bond acceptors (Lipinski definition) is 4. The topological polar surface area (TPSA) is 52.6 Å². The Morgan fingerprint density at radius 1 is 1.37 bits per heavy atom. The van der Waals surface area contributed by atoms with Crippen LogP contribution < -0.4 is 4.74 Å². The van der Waals surface area contributed by atoms with E-state index in [0.29, 0.717) is 30.8 Å². The standard InChI is InChI=1S/C15H18O4/c1-18-15(17)5-3-2-4-11-6-7-14-12(10-11)13(16)8-9-19-14/h6-7,10H,2-5,8-9H2,1H3. The van der Waals surface area contributed by atoms with E-state index >= 15 is 0 Å². The third kappa shape index (κ3) is 3.56. The van der Waals surface area contributed by atoms with Gasteiger partial charge >= 0.3 is 5.97 Å². The van der Waals surface area contributed by atoms with Crippen molar-refractivity contribution in [1.29, 1.82) is 0 Å². The molecule has 0 aromatic heterocycles. The van der Waals surface area contributed by atoms with E-state index < -0.39 is 0 Å². The van der Waals surface area contributed by atoms with E-state index in [1.807, 2.05) is 18.2 Å². The molecule has 1 aromatic rings. The van der Waals surface area contributed by atoms with Crippen LogP contribution in [0.25, 0.3) is 0 Å². The maximum atomic E-state index is 11.8. The lowest BCUT2D eigenvalue weighted by molar-refractivity contribution is -0.140. The number of fused-ring (bicyclic) bond motifs is 1. The molecule has 19 heavy (non-hydrogen) atoms. The third-order valence-corrected chi connectivity index (χ3v) is 3.26. The summed E-state index contributed by atoms with van der Waals surface area (Å²) in [4.78, 5) is 22.7. The number of benzene rings is 1. The van der Waals surface area contributed by atoms with Crippen LogP contribution in [0.4, 0.5) is 0 Å². The van der Waals surface area contributed by atoms with Gasteiger partial charge in [-0.2, -0.15) is 0 Å². The summed E-state index contributed by atoms with van der Waals surface area (Å²) in [6.45, 7) is 0.476. The lowest BCUT2D eigenvalue weighted by Gasteiger charge is -2.16. The molecule has 0 amide bonds. The second kappa shape index (κ2) is 6.36. The summed E-state index contributed by atoms with van der Waals surface area (Å²) in [5.74, 6) is 0.668. The molecule has 0 bridgehead atoms. The van der Waals surface area contributed by atoms with Gasteiger partial charge in [0.2, 0.25) is 0 Å². The van der Waals surface area contributed by atoms with Gasteiger partial charge in [0.05, 0.1) is 19.3 Å². The van der Waals surface area contributed by atoms with Gasteiger partial charge in [-0.3, -0.25) is 9.59 Å². The van der Waals surface area contributed by atoms with Crippen LogP contribution in [-0.2, 0) is 16.0 Å². The Balaban J connectivity index is 1.89. The summed E-state index contributed by atoms with van der Waals surface area (Å²) in [7, 11) is 1.40. The Morgan fingerprint density at radius 3 is 3.00 bits per heavy atom. The van der Waals surface area contributed by atoms with Crippen molar-refractivity contribution in [3.63, 3.8) is 0 Å². The minimum atomic E-state index is -0.172. The summed E-state index contributed by atoms with van der Waals surface area (Å²) in [6, 6.07) is 5.76. The number of ether oxygens (including phenoxy) is 2. The first-order valence-electron chi connectivity index (χ1n) is 6.56. The van der Waals surface area contributed by atoms with E-state index in [9.17, 15) is 9.59 Å². The maximum Gasteiger partial charge on any atom is 0.305 e. The summed E-state index contributed by atoms with van der Waals surface area (Å²) in [6.07, 6.45) is 3.47. The van der Waals surface area contributed by atoms with Gasteiger partial charge in [0.25, 0.3) is 0 Å². The fourth-order valence-corrected chi connectivity index (χ4v) is 2.17. The van der Waals surface area contributed by atoms with E-state index in [1.165, 1.54) is 7.11 Å². The highest BCUT2D eigenvalue weighted by Crippen LogP contribution is 2.26. The zero-order valence-corrected chi connectivity index (χ0v) is 11.1. The molecule has 0 saturated heterocycles.